The first kappa shape index (κ1) is 11.7. The summed E-state index contributed by atoms with van der Waals surface area (Å²) in [6, 6.07) is 1.34. The molecule has 0 radical (unpaired) electrons. The fourth-order valence-electron chi connectivity index (χ4n) is 1.93. The molecule has 1 unspecified atom stereocenters. The number of hydrogen-bond acceptors (Lipinski definition) is 3. The highest BCUT2D eigenvalue weighted by Gasteiger charge is 2.43. The number of nitrogens with one attached hydrogen (secondary N) is 1. The van der Waals surface area contributed by atoms with Crippen LogP contribution in [0.25, 0.3) is 0 Å². The first-order valence-corrected chi connectivity index (χ1v) is 5.56. The predicted molar refractivity (Wildman–Crippen MR) is 60.9 cm³/mol. The van der Waals surface area contributed by atoms with Gasteiger partial charge in [-0.25, -0.2) is 0 Å². The maximum absolute atomic E-state index is 12.2. The Hall–Kier alpha value is -1.78. The quantitative estimate of drug-likeness (QED) is 0.830. The fraction of sp³-hybridized carbons (Fsp3) is 0.500. The summed E-state index contributed by atoms with van der Waals surface area (Å²) in [5, 5.41) is 2.71. The normalized spacial score (nSPS) is 23.7. The van der Waals surface area contributed by atoms with Gasteiger partial charge in [0.05, 0.1) is 12.5 Å². The van der Waals surface area contributed by atoms with E-state index in [1.54, 1.807) is 44.3 Å². The Balaban J connectivity index is 2.23. The van der Waals surface area contributed by atoms with E-state index in [0.717, 1.165) is 5.56 Å². The van der Waals surface area contributed by atoms with E-state index in [-0.39, 0.29) is 11.8 Å². The van der Waals surface area contributed by atoms with Gasteiger partial charge in [0, 0.05) is 12.1 Å². The van der Waals surface area contributed by atoms with Crippen molar-refractivity contribution < 1.29 is 14.0 Å². The molecule has 92 valence electrons. The van der Waals surface area contributed by atoms with Gasteiger partial charge in [-0.15, -0.1) is 0 Å². The molecular weight excluding hydrogens is 220 g/mol. The number of piperazine rings is 1. The zero-order valence-corrected chi connectivity index (χ0v) is 10.2. The summed E-state index contributed by atoms with van der Waals surface area (Å²) >= 11 is 0. The van der Waals surface area contributed by atoms with E-state index >= 15 is 0 Å². The van der Waals surface area contributed by atoms with Crippen LogP contribution in [0.5, 0.6) is 0 Å². The molecule has 17 heavy (non-hydrogen) atoms. The van der Waals surface area contributed by atoms with Crippen molar-refractivity contribution in [2.45, 2.75) is 38.9 Å². The molecule has 0 aromatic carbocycles. The number of furan rings is 1. The van der Waals surface area contributed by atoms with Gasteiger partial charge in [-0.3, -0.25) is 9.59 Å². The van der Waals surface area contributed by atoms with E-state index in [1.807, 2.05) is 0 Å². The molecule has 0 spiro atoms. The van der Waals surface area contributed by atoms with Crippen LogP contribution >= 0.6 is 0 Å². The minimum atomic E-state index is -0.840. The number of carbonyl (C=O) groups is 2. The zero-order valence-electron chi connectivity index (χ0n) is 10.2. The molecule has 5 nitrogen and oxygen atoms in total. The van der Waals surface area contributed by atoms with Crippen LogP contribution in [0.3, 0.4) is 0 Å². The molecule has 1 atom stereocenters. The van der Waals surface area contributed by atoms with Gasteiger partial charge in [0.15, 0.2) is 0 Å². The average Bonchev–Trinajstić information content (AvgIpc) is 2.74. The molecule has 2 heterocycles. The topological polar surface area (TPSA) is 62.6 Å². The van der Waals surface area contributed by atoms with Gasteiger partial charge >= 0.3 is 0 Å². The van der Waals surface area contributed by atoms with Crippen LogP contribution in [0.2, 0.25) is 0 Å². The third-order valence-electron chi connectivity index (χ3n) is 3.01. The summed E-state index contributed by atoms with van der Waals surface area (Å²) in [5.74, 6) is -0.205. The molecular formula is C12H16N2O3. The number of rotatable bonds is 2. The van der Waals surface area contributed by atoms with Crippen molar-refractivity contribution in [1.29, 1.82) is 0 Å². The summed E-state index contributed by atoms with van der Waals surface area (Å²) < 4.78 is 4.97. The maximum atomic E-state index is 12.2. The molecule has 1 aliphatic rings. The van der Waals surface area contributed by atoms with Crippen LogP contribution in [0.1, 0.15) is 26.3 Å². The lowest BCUT2D eigenvalue weighted by atomic mass is 9.97. The molecule has 2 rings (SSSR count). The second-order valence-corrected chi connectivity index (χ2v) is 4.85. The van der Waals surface area contributed by atoms with Crippen LogP contribution in [-0.2, 0) is 16.1 Å². The number of carbonyl (C=O) groups excluding carboxylic acids is 2. The van der Waals surface area contributed by atoms with Crippen molar-refractivity contribution in [1.82, 2.24) is 10.2 Å². The van der Waals surface area contributed by atoms with Gasteiger partial charge in [-0.2, -0.15) is 0 Å². The summed E-state index contributed by atoms with van der Waals surface area (Å²) in [5.41, 5.74) is 0.0450. The van der Waals surface area contributed by atoms with E-state index in [9.17, 15) is 9.59 Å². The third kappa shape index (κ3) is 2.05. The van der Waals surface area contributed by atoms with Gasteiger partial charge in [-0.1, -0.05) is 0 Å². The van der Waals surface area contributed by atoms with Crippen LogP contribution in [-0.4, -0.2) is 28.3 Å². The Bertz CT molecular complexity index is 437. The molecule has 0 aliphatic carbocycles. The molecule has 1 aromatic rings. The Morgan fingerprint density at radius 1 is 1.47 bits per heavy atom. The first-order chi connectivity index (χ1) is 7.92. The highest BCUT2D eigenvalue weighted by Crippen LogP contribution is 2.20. The van der Waals surface area contributed by atoms with Gasteiger partial charge in [0.1, 0.15) is 11.6 Å². The lowest BCUT2D eigenvalue weighted by Crippen LogP contribution is -2.66. The van der Waals surface area contributed by atoms with Crippen molar-refractivity contribution in [3.63, 3.8) is 0 Å². The Labute approximate surface area is 99.8 Å². The summed E-state index contributed by atoms with van der Waals surface area (Å²) in [7, 11) is 0. The van der Waals surface area contributed by atoms with Crippen LogP contribution in [0.15, 0.2) is 23.0 Å². The van der Waals surface area contributed by atoms with E-state index in [4.69, 9.17) is 4.42 Å². The number of hydrogen-bond donors (Lipinski definition) is 1. The minimum Gasteiger partial charge on any atom is -0.472 e. The van der Waals surface area contributed by atoms with E-state index in [0.29, 0.717) is 6.54 Å². The Morgan fingerprint density at radius 2 is 2.18 bits per heavy atom. The lowest BCUT2D eigenvalue weighted by Gasteiger charge is -2.41. The van der Waals surface area contributed by atoms with Crippen LogP contribution < -0.4 is 5.32 Å². The molecule has 1 aromatic heterocycles. The fourth-order valence-corrected chi connectivity index (χ4v) is 1.93. The molecule has 0 bridgehead atoms. The van der Waals surface area contributed by atoms with Crippen molar-refractivity contribution in [3.8, 4) is 0 Å². The highest BCUT2D eigenvalue weighted by atomic mass is 16.3. The van der Waals surface area contributed by atoms with Gasteiger partial charge in [-0.05, 0) is 26.8 Å². The van der Waals surface area contributed by atoms with Crippen molar-refractivity contribution in [2.75, 3.05) is 0 Å². The van der Waals surface area contributed by atoms with Crippen LogP contribution in [0.4, 0.5) is 0 Å². The summed E-state index contributed by atoms with van der Waals surface area (Å²) in [4.78, 5) is 25.5. The van der Waals surface area contributed by atoms with E-state index in [1.165, 1.54) is 0 Å². The van der Waals surface area contributed by atoms with Crippen molar-refractivity contribution in [2.24, 2.45) is 0 Å². The second-order valence-electron chi connectivity index (χ2n) is 4.85. The summed E-state index contributed by atoms with van der Waals surface area (Å²) in [6.07, 6.45) is 3.14. The molecule has 1 N–H and O–H groups in total. The summed E-state index contributed by atoms with van der Waals surface area (Å²) in [6.45, 7) is 5.54. The molecule has 2 amide bonds. The van der Waals surface area contributed by atoms with Gasteiger partial charge in [0.2, 0.25) is 11.8 Å². The Morgan fingerprint density at radius 3 is 2.76 bits per heavy atom. The first-order valence-electron chi connectivity index (χ1n) is 5.56. The van der Waals surface area contributed by atoms with Crippen LogP contribution in [0, 0.1) is 0 Å². The minimum absolute atomic E-state index is 0.0780. The molecule has 1 fully saturated rings. The standard InChI is InChI=1S/C12H16N2O3/c1-8-10(15)13-12(2,3)11(16)14(8)6-9-4-5-17-7-9/h4-5,7-8H,6H2,1-3H3,(H,13,15). The molecule has 0 saturated carbocycles. The largest absolute Gasteiger partial charge is 0.472 e. The third-order valence-corrected chi connectivity index (χ3v) is 3.01. The number of amides is 2. The maximum Gasteiger partial charge on any atom is 0.248 e. The predicted octanol–water partition coefficient (Wildman–Crippen LogP) is 0.905. The smallest absolute Gasteiger partial charge is 0.248 e. The van der Waals surface area contributed by atoms with E-state index in [2.05, 4.69) is 5.32 Å². The monoisotopic (exact) mass is 236 g/mol. The molecule has 5 heteroatoms. The Kier molecular flexibility index (Phi) is 2.69. The van der Waals surface area contributed by atoms with Crippen molar-refractivity contribution >= 4 is 11.8 Å². The van der Waals surface area contributed by atoms with Gasteiger partial charge < -0.3 is 14.6 Å². The molecule has 1 saturated heterocycles. The molecule has 1 aliphatic heterocycles. The lowest BCUT2D eigenvalue weighted by molar-refractivity contribution is -0.153. The SMILES string of the molecule is CC1C(=O)NC(C)(C)C(=O)N1Cc1ccoc1. The second kappa shape index (κ2) is 3.91. The number of nitrogens with zero attached hydrogens (tertiary/aromatic N) is 1. The van der Waals surface area contributed by atoms with Gasteiger partial charge in [0.25, 0.3) is 0 Å². The zero-order chi connectivity index (χ0) is 12.6. The highest BCUT2D eigenvalue weighted by molar-refractivity contribution is 5.99. The van der Waals surface area contributed by atoms with E-state index < -0.39 is 11.6 Å². The average molecular weight is 236 g/mol. The van der Waals surface area contributed by atoms with Crippen molar-refractivity contribution in [3.05, 3.63) is 24.2 Å².